The molecule has 6 unspecified atom stereocenters. The Hall–Kier alpha value is -3.81. The second-order valence-corrected chi connectivity index (χ2v) is 27.9. The highest BCUT2D eigenvalue weighted by molar-refractivity contribution is 5.94. The molecular formula is C61H112N6O7. The molecule has 0 saturated heterocycles. The largest absolute Gasteiger partial charge is 0.352 e. The molecule has 1 rings (SSSR count). The molecule has 1 aromatic carbocycles. The van der Waals surface area contributed by atoms with E-state index in [9.17, 15) is 33.6 Å². The van der Waals surface area contributed by atoms with Crippen molar-refractivity contribution in [3.8, 4) is 0 Å². The number of carbonyl (C=O) groups is 7. The average molecular weight is 1040 g/mol. The van der Waals surface area contributed by atoms with Gasteiger partial charge in [0, 0.05) is 64.5 Å². The number of hydrogen-bond donors (Lipinski definition) is 6. The molecule has 0 aliphatic carbocycles. The molecule has 0 fully saturated rings. The van der Waals surface area contributed by atoms with Gasteiger partial charge in [-0.3, -0.25) is 28.8 Å². The molecule has 0 spiro atoms. The molecule has 0 heterocycles. The van der Waals surface area contributed by atoms with E-state index in [1.807, 2.05) is 127 Å². The first kappa shape index (κ1) is 72.3. The minimum atomic E-state index is -0.585. The van der Waals surface area contributed by atoms with Crippen molar-refractivity contribution in [2.75, 3.05) is 13.1 Å². The van der Waals surface area contributed by atoms with Crippen LogP contribution in [0.5, 0.6) is 0 Å². The average Bonchev–Trinajstić information content (AvgIpc) is 3.22. The summed E-state index contributed by atoms with van der Waals surface area (Å²) in [5.74, 6) is 0.336. The van der Waals surface area contributed by atoms with Crippen LogP contribution in [0, 0.1) is 51.2 Å². The first-order chi connectivity index (χ1) is 33.3. The summed E-state index contributed by atoms with van der Waals surface area (Å²) in [5.41, 5.74) is 10.2. The van der Waals surface area contributed by atoms with Crippen molar-refractivity contribution in [2.24, 2.45) is 62.7 Å². The van der Waals surface area contributed by atoms with Crippen molar-refractivity contribution in [3.63, 3.8) is 0 Å². The number of urea groups is 1. The lowest BCUT2D eigenvalue weighted by Gasteiger charge is -2.31. The fourth-order valence-electron chi connectivity index (χ4n) is 8.70. The van der Waals surface area contributed by atoms with Crippen molar-refractivity contribution in [1.82, 2.24) is 21.3 Å². The van der Waals surface area contributed by atoms with Crippen molar-refractivity contribution >= 4 is 40.9 Å². The van der Waals surface area contributed by atoms with Gasteiger partial charge in [0.25, 0.3) is 0 Å². The first-order valence-corrected chi connectivity index (χ1v) is 27.7. The van der Waals surface area contributed by atoms with Crippen molar-refractivity contribution in [1.29, 1.82) is 0 Å². The highest BCUT2D eigenvalue weighted by atomic mass is 16.2. The van der Waals surface area contributed by atoms with Gasteiger partial charge < -0.3 is 32.7 Å². The van der Waals surface area contributed by atoms with Gasteiger partial charge in [0.1, 0.15) is 11.6 Å². The predicted molar refractivity (Wildman–Crippen MR) is 308 cm³/mol. The summed E-state index contributed by atoms with van der Waals surface area (Å²) in [6, 6.07) is 8.42. The monoisotopic (exact) mass is 1040 g/mol. The van der Waals surface area contributed by atoms with Crippen molar-refractivity contribution in [2.45, 2.75) is 246 Å². The van der Waals surface area contributed by atoms with Gasteiger partial charge in [-0.1, -0.05) is 154 Å². The summed E-state index contributed by atoms with van der Waals surface area (Å²) in [6.07, 6.45) is 5.55. The Morgan fingerprint density at radius 1 is 0.554 bits per heavy atom. The quantitative estimate of drug-likeness (QED) is 0.0482. The number of carbonyl (C=O) groups excluding carboxylic acids is 7. The number of nitrogens with one attached hydrogen (secondary N) is 4. The van der Waals surface area contributed by atoms with E-state index in [0.717, 1.165) is 31.2 Å². The summed E-state index contributed by atoms with van der Waals surface area (Å²) >= 11 is 0. The molecule has 1 aromatic rings. The Balaban J connectivity index is 0. The fourth-order valence-corrected chi connectivity index (χ4v) is 8.70. The number of ketones is 5. The third-order valence-corrected chi connectivity index (χ3v) is 12.5. The van der Waals surface area contributed by atoms with Gasteiger partial charge >= 0.3 is 6.03 Å². The number of amides is 3. The molecule has 0 aromatic heterocycles. The zero-order valence-electron chi connectivity index (χ0n) is 51.3. The van der Waals surface area contributed by atoms with Gasteiger partial charge in [-0.25, -0.2) is 4.79 Å². The lowest BCUT2D eigenvalue weighted by Crippen LogP contribution is -2.51. The predicted octanol–water partition coefficient (Wildman–Crippen LogP) is 11.2. The van der Waals surface area contributed by atoms with Crippen molar-refractivity contribution in [3.05, 3.63) is 35.9 Å². The van der Waals surface area contributed by atoms with Crippen molar-refractivity contribution < 1.29 is 33.6 Å². The minimum Gasteiger partial charge on any atom is -0.352 e. The third-order valence-electron chi connectivity index (χ3n) is 12.5. The topological polar surface area (TPSA) is 220 Å². The maximum Gasteiger partial charge on any atom is 0.312 e. The Morgan fingerprint density at radius 2 is 1.05 bits per heavy atom. The molecular weight excluding hydrogens is 929 g/mol. The summed E-state index contributed by atoms with van der Waals surface area (Å²) in [7, 11) is 0. The van der Waals surface area contributed by atoms with E-state index in [2.05, 4.69) is 83.6 Å². The second kappa shape index (κ2) is 32.1. The van der Waals surface area contributed by atoms with E-state index >= 15 is 0 Å². The summed E-state index contributed by atoms with van der Waals surface area (Å²) in [5, 5.41) is 12.4. The van der Waals surface area contributed by atoms with E-state index < -0.39 is 22.9 Å². The van der Waals surface area contributed by atoms with Crippen LogP contribution in [-0.2, 0) is 35.2 Å². The number of benzene rings is 1. The smallest absolute Gasteiger partial charge is 0.312 e. The van der Waals surface area contributed by atoms with E-state index in [0.29, 0.717) is 45.2 Å². The van der Waals surface area contributed by atoms with Gasteiger partial charge in [0.05, 0.1) is 18.1 Å². The van der Waals surface area contributed by atoms with Crippen LogP contribution in [0.1, 0.15) is 216 Å². The van der Waals surface area contributed by atoms with Crippen LogP contribution in [-0.4, -0.2) is 83.1 Å². The Bertz CT molecular complexity index is 1870. The van der Waals surface area contributed by atoms with Crippen LogP contribution < -0.4 is 32.7 Å². The van der Waals surface area contributed by atoms with Crippen LogP contribution in [0.3, 0.4) is 0 Å². The first-order valence-electron chi connectivity index (χ1n) is 27.7. The Morgan fingerprint density at radius 3 is 1.46 bits per heavy atom. The van der Waals surface area contributed by atoms with Gasteiger partial charge in [0.15, 0.2) is 17.3 Å². The molecule has 13 nitrogen and oxygen atoms in total. The standard InChI is InChI=1S/C24H40N2O2.C20H39N3O3.C17H33NO2/c1-23(2,3)22(28)19(14-10-11-15-25)17-21(27)20(26-24(4,5)6)16-18-12-8-7-9-13-18;1-13(2)14(12-19(3,4)5)17(25)23-15(16(24)20(6,7)8)10-9-11-22-18(21)26;1-11(2)14(18-17(7,8)9)13(19)10-12(3)15(20)16(4,5)6/h7-9,12-13,19-20,26H,10-11,14-17,25H2,1-6H3;13-15H,9-12H2,1-8H3,(H,23,25)(H3,21,22,26);11-12,14,18H,10H2,1-9H3. The van der Waals surface area contributed by atoms with Crippen LogP contribution in [0.2, 0.25) is 0 Å². The van der Waals surface area contributed by atoms with Crippen LogP contribution >= 0.6 is 0 Å². The minimum absolute atomic E-state index is 0.00295. The molecule has 3 amide bonds. The lowest BCUT2D eigenvalue weighted by atomic mass is 9.78. The fraction of sp³-hybridized carbons (Fsp3) is 0.787. The summed E-state index contributed by atoms with van der Waals surface area (Å²) in [4.78, 5) is 87.4. The van der Waals surface area contributed by atoms with Gasteiger partial charge in [-0.15, -0.1) is 0 Å². The maximum absolute atomic E-state index is 13.3. The van der Waals surface area contributed by atoms with E-state index in [4.69, 9.17) is 11.5 Å². The van der Waals surface area contributed by atoms with E-state index in [1.54, 1.807) is 0 Å². The molecule has 0 aliphatic heterocycles. The molecule has 8 N–H and O–H groups in total. The SMILES string of the molecule is CC(C)(C)NC(Cc1ccccc1)C(=O)CC(CCCCN)C(=O)C(C)(C)C.CC(C)C(CC(C)(C)C)C(=O)NC(CCCNC(N)=O)C(=O)C(C)(C)C.CC(CC(=O)C(NC(C)(C)C)C(C)C)C(=O)C(C)(C)C. The molecule has 428 valence electrons. The summed E-state index contributed by atoms with van der Waals surface area (Å²) in [6.45, 7) is 46.8. The Labute approximate surface area is 452 Å². The number of rotatable bonds is 26. The zero-order chi connectivity index (χ0) is 58.4. The molecule has 0 radical (unpaired) electrons. The van der Waals surface area contributed by atoms with Crippen LogP contribution in [0.4, 0.5) is 4.79 Å². The second-order valence-electron chi connectivity index (χ2n) is 27.9. The highest BCUT2D eigenvalue weighted by Crippen LogP contribution is 2.31. The number of Topliss-reactive ketones (excluding diaryl/α,β-unsaturated/α-hetero) is 5. The normalized spacial score (nSPS) is 15.0. The van der Waals surface area contributed by atoms with E-state index in [-0.39, 0.29) is 98.4 Å². The number of nitrogens with two attached hydrogens (primary N) is 2. The van der Waals surface area contributed by atoms with Gasteiger partial charge in [-0.05, 0) is 109 Å². The molecule has 13 heteroatoms. The molecule has 74 heavy (non-hydrogen) atoms. The lowest BCUT2D eigenvalue weighted by molar-refractivity contribution is -0.135. The van der Waals surface area contributed by atoms with Gasteiger partial charge in [-0.2, -0.15) is 0 Å². The number of primary amides is 1. The molecule has 0 saturated carbocycles. The van der Waals surface area contributed by atoms with E-state index in [1.165, 1.54) is 0 Å². The molecule has 0 bridgehead atoms. The molecule has 0 aliphatic rings. The maximum atomic E-state index is 13.3. The number of hydrogen-bond acceptors (Lipinski definition) is 10. The number of unbranched alkanes of at least 4 members (excludes halogenated alkanes) is 1. The Kier molecular flexibility index (Phi) is 31.3. The summed E-state index contributed by atoms with van der Waals surface area (Å²) < 4.78 is 0. The highest BCUT2D eigenvalue weighted by Gasteiger charge is 2.36. The van der Waals surface area contributed by atoms with Gasteiger partial charge in [0.2, 0.25) is 5.91 Å². The van der Waals surface area contributed by atoms with Crippen LogP contribution in [0.15, 0.2) is 30.3 Å². The molecule has 6 atom stereocenters. The third kappa shape index (κ3) is 32.6. The van der Waals surface area contributed by atoms with Crippen LogP contribution in [0.25, 0.3) is 0 Å². The zero-order valence-corrected chi connectivity index (χ0v) is 51.3.